The van der Waals surface area contributed by atoms with Gasteiger partial charge in [0, 0.05) is 22.3 Å². The molecule has 4 rings (SSSR count). The highest BCUT2D eigenvalue weighted by atomic mass is 35.5. The maximum Gasteiger partial charge on any atom is 0.259 e. The van der Waals surface area contributed by atoms with Crippen molar-refractivity contribution in [3.05, 3.63) is 51.6 Å². The summed E-state index contributed by atoms with van der Waals surface area (Å²) < 4.78 is 0. The molecule has 1 fully saturated rings. The van der Waals surface area contributed by atoms with E-state index in [9.17, 15) is 4.79 Å². The van der Waals surface area contributed by atoms with Crippen LogP contribution in [-0.2, 0) is 6.54 Å². The molecule has 1 aliphatic rings. The Morgan fingerprint density at radius 2 is 2.07 bits per heavy atom. The van der Waals surface area contributed by atoms with Crippen LogP contribution < -0.4 is 5.32 Å². The number of thiazole rings is 1. The molecular formula is C21H23ClN4OS. The van der Waals surface area contributed by atoms with E-state index < -0.39 is 0 Å². The SMILES string of the molecule is Cc1nc2ccc(Cl)cc2cc1C(=O)Nc1nc(CN2CCC(C)CC2)cs1. The number of benzene rings is 1. The highest BCUT2D eigenvalue weighted by Gasteiger charge is 2.18. The van der Waals surface area contributed by atoms with E-state index in [4.69, 9.17) is 11.6 Å². The van der Waals surface area contributed by atoms with E-state index in [1.165, 1.54) is 24.2 Å². The summed E-state index contributed by atoms with van der Waals surface area (Å²) in [7, 11) is 0. The summed E-state index contributed by atoms with van der Waals surface area (Å²) in [4.78, 5) is 24.3. The number of aryl methyl sites for hydroxylation is 1. The number of hydrogen-bond acceptors (Lipinski definition) is 5. The summed E-state index contributed by atoms with van der Waals surface area (Å²) in [5.41, 5.74) is 3.06. The van der Waals surface area contributed by atoms with E-state index in [0.29, 0.717) is 21.4 Å². The molecule has 7 heteroatoms. The fourth-order valence-electron chi connectivity index (χ4n) is 3.52. The lowest BCUT2D eigenvalue weighted by Gasteiger charge is -2.29. The summed E-state index contributed by atoms with van der Waals surface area (Å²) in [6, 6.07) is 7.32. The quantitative estimate of drug-likeness (QED) is 0.642. The van der Waals surface area contributed by atoms with Crippen molar-refractivity contribution in [2.75, 3.05) is 18.4 Å². The number of aromatic nitrogens is 2. The van der Waals surface area contributed by atoms with Gasteiger partial charge >= 0.3 is 0 Å². The van der Waals surface area contributed by atoms with Crippen molar-refractivity contribution >= 4 is 44.9 Å². The van der Waals surface area contributed by atoms with Crippen molar-refractivity contribution in [3.8, 4) is 0 Å². The number of anilines is 1. The van der Waals surface area contributed by atoms with Gasteiger partial charge < -0.3 is 0 Å². The second kappa shape index (κ2) is 8.15. The molecule has 3 aromatic rings. The van der Waals surface area contributed by atoms with Crippen LogP contribution in [0.1, 0.15) is 41.5 Å². The van der Waals surface area contributed by atoms with Gasteiger partial charge in [-0.3, -0.25) is 20.0 Å². The maximum atomic E-state index is 12.8. The molecule has 0 aliphatic carbocycles. The topological polar surface area (TPSA) is 58.1 Å². The largest absolute Gasteiger partial charge is 0.298 e. The van der Waals surface area contributed by atoms with Crippen molar-refractivity contribution in [1.82, 2.24) is 14.9 Å². The number of carbonyl (C=O) groups excluding carboxylic acids is 1. The zero-order valence-electron chi connectivity index (χ0n) is 16.0. The Bertz CT molecular complexity index is 1010. The lowest BCUT2D eigenvalue weighted by molar-refractivity contribution is 0.102. The summed E-state index contributed by atoms with van der Waals surface area (Å²) in [5, 5.41) is 7.04. The Balaban J connectivity index is 1.46. The average Bonchev–Trinajstić information content (AvgIpc) is 3.10. The van der Waals surface area contributed by atoms with Crippen molar-refractivity contribution in [1.29, 1.82) is 0 Å². The second-order valence-corrected chi connectivity index (χ2v) is 8.81. The number of nitrogens with one attached hydrogen (secondary N) is 1. The number of hydrogen-bond donors (Lipinski definition) is 1. The van der Waals surface area contributed by atoms with Crippen molar-refractivity contribution in [3.63, 3.8) is 0 Å². The fraction of sp³-hybridized carbons (Fsp3) is 0.381. The first-order valence-electron chi connectivity index (χ1n) is 9.53. The number of nitrogens with zero attached hydrogens (tertiary/aromatic N) is 3. The standard InChI is InChI=1S/C21H23ClN4OS/c1-13-5-7-26(8-6-13)11-17-12-28-21(24-17)25-20(27)18-10-15-9-16(22)3-4-19(15)23-14(18)2/h3-4,9-10,12-13H,5-8,11H2,1-2H3,(H,24,25,27). The summed E-state index contributed by atoms with van der Waals surface area (Å²) in [6.45, 7) is 7.23. The van der Waals surface area contributed by atoms with E-state index in [0.717, 1.165) is 42.1 Å². The van der Waals surface area contributed by atoms with E-state index in [1.807, 2.05) is 30.5 Å². The van der Waals surface area contributed by atoms with Gasteiger partial charge in [0.15, 0.2) is 5.13 Å². The van der Waals surface area contributed by atoms with Crippen LogP contribution in [-0.4, -0.2) is 33.9 Å². The molecule has 0 unspecified atom stereocenters. The van der Waals surface area contributed by atoms with Crippen molar-refractivity contribution in [2.45, 2.75) is 33.2 Å². The van der Waals surface area contributed by atoms with Crippen LogP contribution in [0.2, 0.25) is 5.02 Å². The molecule has 1 amide bonds. The molecule has 0 spiro atoms. The molecule has 1 aromatic carbocycles. The van der Waals surface area contributed by atoms with Gasteiger partial charge in [-0.05, 0) is 63.0 Å². The van der Waals surface area contributed by atoms with E-state index >= 15 is 0 Å². The highest BCUT2D eigenvalue weighted by Crippen LogP contribution is 2.24. The van der Waals surface area contributed by atoms with Crippen LogP contribution in [0.15, 0.2) is 29.6 Å². The van der Waals surface area contributed by atoms with Crippen LogP contribution in [0, 0.1) is 12.8 Å². The Kier molecular flexibility index (Phi) is 5.62. The van der Waals surface area contributed by atoms with Gasteiger partial charge in [-0.2, -0.15) is 0 Å². The van der Waals surface area contributed by atoms with Gasteiger partial charge in [0.1, 0.15) is 0 Å². The molecule has 1 N–H and O–H groups in total. The molecule has 0 atom stereocenters. The molecular weight excluding hydrogens is 392 g/mol. The molecule has 1 aliphatic heterocycles. The number of pyridine rings is 1. The Hall–Kier alpha value is -2.02. The number of rotatable bonds is 4. The Morgan fingerprint density at radius 3 is 2.86 bits per heavy atom. The van der Waals surface area contributed by atoms with Crippen LogP contribution in [0.3, 0.4) is 0 Å². The number of amides is 1. The molecule has 5 nitrogen and oxygen atoms in total. The van der Waals surface area contributed by atoms with Gasteiger partial charge in [0.25, 0.3) is 5.91 Å². The molecule has 1 saturated heterocycles. The third kappa shape index (κ3) is 4.35. The van der Waals surface area contributed by atoms with E-state index in [1.54, 1.807) is 6.07 Å². The van der Waals surface area contributed by atoms with Gasteiger partial charge in [-0.15, -0.1) is 11.3 Å². The van der Waals surface area contributed by atoms with Gasteiger partial charge in [-0.25, -0.2) is 4.98 Å². The number of likely N-dealkylation sites (tertiary alicyclic amines) is 1. The number of fused-ring (bicyclic) bond motifs is 1. The first-order chi connectivity index (χ1) is 13.5. The minimum absolute atomic E-state index is 0.195. The third-order valence-corrected chi connectivity index (χ3v) is 6.29. The number of piperidine rings is 1. The lowest BCUT2D eigenvalue weighted by Crippen LogP contribution is -2.32. The van der Waals surface area contributed by atoms with Crippen LogP contribution in [0.5, 0.6) is 0 Å². The smallest absolute Gasteiger partial charge is 0.259 e. The van der Waals surface area contributed by atoms with Crippen LogP contribution >= 0.6 is 22.9 Å². The lowest BCUT2D eigenvalue weighted by atomic mass is 9.99. The summed E-state index contributed by atoms with van der Waals surface area (Å²) in [5.74, 6) is 0.620. The number of halogens is 1. The molecule has 3 heterocycles. The maximum absolute atomic E-state index is 12.8. The van der Waals surface area contributed by atoms with E-state index in [-0.39, 0.29) is 5.91 Å². The Labute approximate surface area is 173 Å². The van der Waals surface area contributed by atoms with E-state index in [2.05, 4.69) is 27.1 Å². The molecule has 0 bridgehead atoms. The second-order valence-electron chi connectivity index (χ2n) is 7.52. The predicted molar refractivity (Wildman–Crippen MR) is 115 cm³/mol. The molecule has 146 valence electrons. The minimum atomic E-state index is -0.195. The predicted octanol–water partition coefficient (Wildman–Crippen LogP) is 5.14. The monoisotopic (exact) mass is 414 g/mol. The minimum Gasteiger partial charge on any atom is -0.298 e. The zero-order chi connectivity index (χ0) is 19.7. The van der Waals surface area contributed by atoms with Gasteiger partial charge in [0.2, 0.25) is 0 Å². The fourth-order valence-corrected chi connectivity index (χ4v) is 4.40. The molecule has 0 radical (unpaired) electrons. The number of carbonyl (C=O) groups is 1. The normalized spacial score (nSPS) is 15.8. The summed E-state index contributed by atoms with van der Waals surface area (Å²) in [6.07, 6.45) is 2.48. The molecule has 28 heavy (non-hydrogen) atoms. The first-order valence-corrected chi connectivity index (χ1v) is 10.8. The van der Waals surface area contributed by atoms with Crippen LogP contribution in [0.4, 0.5) is 5.13 Å². The Morgan fingerprint density at radius 1 is 1.29 bits per heavy atom. The van der Waals surface area contributed by atoms with Crippen LogP contribution in [0.25, 0.3) is 10.9 Å². The van der Waals surface area contributed by atoms with Crippen molar-refractivity contribution < 1.29 is 4.79 Å². The van der Waals surface area contributed by atoms with Crippen molar-refractivity contribution in [2.24, 2.45) is 5.92 Å². The third-order valence-electron chi connectivity index (χ3n) is 5.25. The zero-order valence-corrected chi connectivity index (χ0v) is 17.6. The average molecular weight is 415 g/mol. The molecule has 2 aromatic heterocycles. The molecule has 0 saturated carbocycles. The first kappa shape index (κ1) is 19.3. The van der Waals surface area contributed by atoms with Gasteiger partial charge in [0.05, 0.1) is 22.5 Å². The summed E-state index contributed by atoms with van der Waals surface area (Å²) >= 11 is 7.53. The highest BCUT2D eigenvalue weighted by molar-refractivity contribution is 7.14. The van der Waals surface area contributed by atoms with Gasteiger partial charge in [-0.1, -0.05) is 18.5 Å².